The molecule has 0 bridgehead atoms. The van der Waals surface area contributed by atoms with Gasteiger partial charge in [0.05, 0.1) is 6.42 Å². The average molecular weight is 289 g/mol. The molecule has 1 aromatic carbocycles. The van der Waals surface area contributed by atoms with Gasteiger partial charge in [0, 0.05) is 24.4 Å². The molecular formula is C15H19N3O3. The van der Waals surface area contributed by atoms with Crippen LogP contribution < -0.4 is 5.43 Å². The molecule has 0 aliphatic carbocycles. The molecule has 1 aromatic rings. The van der Waals surface area contributed by atoms with Gasteiger partial charge in [-0.05, 0) is 44.0 Å². The number of carbonyl (C=O) groups excluding carboxylic acids is 2. The molecule has 1 fully saturated rings. The van der Waals surface area contributed by atoms with E-state index >= 15 is 0 Å². The minimum atomic E-state index is -0.372. The van der Waals surface area contributed by atoms with Crippen molar-refractivity contribution < 1.29 is 14.7 Å². The first kappa shape index (κ1) is 15.0. The number of aromatic hydroxyl groups is 1. The Bertz CT molecular complexity index is 546. The molecule has 0 radical (unpaired) electrons. The summed E-state index contributed by atoms with van der Waals surface area (Å²) in [5, 5.41) is 13.1. The zero-order valence-electron chi connectivity index (χ0n) is 12.0. The number of nitrogens with zero attached hydrogens (tertiary/aromatic N) is 2. The Morgan fingerprint density at radius 1 is 1.24 bits per heavy atom. The Morgan fingerprint density at radius 2 is 1.86 bits per heavy atom. The molecule has 0 atom stereocenters. The predicted octanol–water partition coefficient (Wildman–Crippen LogP) is 1.51. The van der Waals surface area contributed by atoms with Gasteiger partial charge in [0.15, 0.2) is 0 Å². The first-order chi connectivity index (χ1) is 10.1. The second-order valence-corrected chi connectivity index (χ2v) is 5.10. The van der Waals surface area contributed by atoms with E-state index in [2.05, 4.69) is 10.5 Å². The highest BCUT2D eigenvalue weighted by molar-refractivity contribution is 6.01. The Hall–Kier alpha value is -2.37. The number of likely N-dealkylation sites (tertiary alicyclic amines) is 1. The molecule has 21 heavy (non-hydrogen) atoms. The number of carbonyl (C=O) groups is 2. The van der Waals surface area contributed by atoms with Crippen LogP contribution in [0.3, 0.4) is 0 Å². The number of hydrazone groups is 1. The lowest BCUT2D eigenvalue weighted by Gasteiger charge is -2.14. The number of benzene rings is 1. The van der Waals surface area contributed by atoms with E-state index in [4.69, 9.17) is 5.11 Å². The van der Waals surface area contributed by atoms with Gasteiger partial charge in [0.2, 0.25) is 5.91 Å². The summed E-state index contributed by atoms with van der Waals surface area (Å²) in [5.41, 5.74) is 3.38. The van der Waals surface area contributed by atoms with E-state index < -0.39 is 0 Å². The topological polar surface area (TPSA) is 82.0 Å². The van der Waals surface area contributed by atoms with E-state index in [1.807, 2.05) is 4.90 Å². The number of phenolic OH excluding ortho intramolecular Hbond substituents is 1. The smallest absolute Gasteiger partial charge is 0.271 e. The zero-order chi connectivity index (χ0) is 15.2. The van der Waals surface area contributed by atoms with Gasteiger partial charge < -0.3 is 10.0 Å². The average Bonchev–Trinajstić information content (AvgIpc) is 3.00. The van der Waals surface area contributed by atoms with Crippen LogP contribution in [0.15, 0.2) is 29.4 Å². The van der Waals surface area contributed by atoms with Gasteiger partial charge in [-0.1, -0.05) is 0 Å². The molecule has 0 saturated carbocycles. The normalized spacial score (nSPS) is 15.1. The molecule has 0 aromatic heterocycles. The van der Waals surface area contributed by atoms with Gasteiger partial charge in [-0.25, -0.2) is 5.43 Å². The van der Waals surface area contributed by atoms with Crippen LogP contribution in [0, 0.1) is 0 Å². The maximum absolute atomic E-state index is 11.9. The summed E-state index contributed by atoms with van der Waals surface area (Å²) in [7, 11) is 0. The van der Waals surface area contributed by atoms with E-state index in [0.29, 0.717) is 11.3 Å². The van der Waals surface area contributed by atoms with Crippen LogP contribution in [0.25, 0.3) is 0 Å². The van der Waals surface area contributed by atoms with Crippen molar-refractivity contribution in [2.45, 2.75) is 26.2 Å². The number of hydrogen-bond acceptors (Lipinski definition) is 4. The van der Waals surface area contributed by atoms with Crippen molar-refractivity contribution in [2.24, 2.45) is 5.10 Å². The summed E-state index contributed by atoms with van der Waals surface area (Å²) in [5.74, 6) is -0.224. The molecule has 112 valence electrons. The van der Waals surface area contributed by atoms with Crippen LogP contribution in [0.1, 0.15) is 36.5 Å². The van der Waals surface area contributed by atoms with Crippen molar-refractivity contribution in [3.63, 3.8) is 0 Å². The van der Waals surface area contributed by atoms with Crippen molar-refractivity contribution in [3.05, 3.63) is 29.8 Å². The lowest BCUT2D eigenvalue weighted by Crippen LogP contribution is -2.29. The summed E-state index contributed by atoms with van der Waals surface area (Å²) in [4.78, 5) is 25.5. The predicted molar refractivity (Wildman–Crippen MR) is 79.1 cm³/mol. The minimum Gasteiger partial charge on any atom is -0.508 e. The summed E-state index contributed by atoms with van der Waals surface area (Å²) in [6.07, 6.45) is 2.33. The third-order valence-corrected chi connectivity index (χ3v) is 3.34. The number of nitrogens with one attached hydrogen (secondary N) is 1. The Balaban J connectivity index is 1.86. The fourth-order valence-corrected chi connectivity index (χ4v) is 2.16. The number of phenols is 1. The second-order valence-electron chi connectivity index (χ2n) is 5.10. The van der Waals surface area contributed by atoms with Gasteiger partial charge in [0.1, 0.15) is 5.75 Å². The van der Waals surface area contributed by atoms with Crippen LogP contribution in [-0.4, -0.2) is 40.6 Å². The highest BCUT2D eigenvalue weighted by atomic mass is 16.3. The number of amides is 2. The van der Waals surface area contributed by atoms with Crippen molar-refractivity contribution in [3.8, 4) is 5.75 Å². The van der Waals surface area contributed by atoms with Crippen LogP contribution in [0.2, 0.25) is 0 Å². The van der Waals surface area contributed by atoms with E-state index in [9.17, 15) is 9.59 Å². The van der Waals surface area contributed by atoms with Crippen LogP contribution >= 0.6 is 0 Å². The third kappa shape index (κ3) is 4.30. The standard InChI is InChI=1S/C15H19N3O3/c1-11(10-14(20)18-8-2-3-9-18)16-17-15(21)12-4-6-13(19)7-5-12/h4-7,19H,2-3,8-10H2,1H3,(H,17,21). The molecule has 1 heterocycles. The van der Waals surface area contributed by atoms with Crippen molar-refractivity contribution in [1.29, 1.82) is 0 Å². The Morgan fingerprint density at radius 3 is 2.48 bits per heavy atom. The first-order valence-corrected chi connectivity index (χ1v) is 6.96. The lowest BCUT2D eigenvalue weighted by molar-refractivity contribution is -0.128. The van der Waals surface area contributed by atoms with E-state index in [1.54, 1.807) is 6.92 Å². The van der Waals surface area contributed by atoms with Gasteiger partial charge in [0.25, 0.3) is 5.91 Å². The van der Waals surface area contributed by atoms with Crippen LogP contribution in [0.5, 0.6) is 5.75 Å². The van der Waals surface area contributed by atoms with Crippen LogP contribution in [-0.2, 0) is 4.79 Å². The maximum atomic E-state index is 11.9. The molecular weight excluding hydrogens is 270 g/mol. The van der Waals surface area contributed by atoms with Gasteiger partial charge in [-0.3, -0.25) is 9.59 Å². The largest absolute Gasteiger partial charge is 0.508 e. The molecule has 0 spiro atoms. The SMILES string of the molecule is CC(CC(=O)N1CCCC1)=NNC(=O)c1ccc(O)cc1. The molecule has 2 N–H and O–H groups in total. The van der Waals surface area contributed by atoms with E-state index in [1.165, 1.54) is 24.3 Å². The molecule has 2 amide bonds. The van der Waals surface area contributed by atoms with Gasteiger partial charge >= 0.3 is 0 Å². The van der Waals surface area contributed by atoms with Crippen LogP contribution in [0.4, 0.5) is 0 Å². The number of rotatable bonds is 4. The summed E-state index contributed by atoms with van der Waals surface area (Å²) in [6, 6.07) is 5.88. The van der Waals surface area contributed by atoms with Gasteiger partial charge in [-0.2, -0.15) is 5.10 Å². The quantitative estimate of drug-likeness (QED) is 0.651. The Labute approximate surface area is 123 Å². The number of hydrogen-bond donors (Lipinski definition) is 2. The Kier molecular flexibility index (Phi) is 4.92. The molecule has 6 nitrogen and oxygen atoms in total. The monoisotopic (exact) mass is 289 g/mol. The zero-order valence-corrected chi connectivity index (χ0v) is 12.0. The minimum absolute atomic E-state index is 0.0487. The highest BCUT2D eigenvalue weighted by Crippen LogP contribution is 2.10. The molecule has 0 unspecified atom stereocenters. The van der Waals surface area contributed by atoms with Crippen molar-refractivity contribution in [2.75, 3.05) is 13.1 Å². The fraction of sp³-hybridized carbons (Fsp3) is 0.400. The maximum Gasteiger partial charge on any atom is 0.271 e. The van der Waals surface area contributed by atoms with E-state index in [-0.39, 0.29) is 24.0 Å². The summed E-state index contributed by atoms with van der Waals surface area (Å²) in [6.45, 7) is 3.34. The highest BCUT2D eigenvalue weighted by Gasteiger charge is 2.18. The summed E-state index contributed by atoms with van der Waals surface area (Å²) >= 11 is 0. The van der Waals surface area contributed by atoms with Gasteiger partial charge in [-0.15, -0.1) is 0 Å². The molecule has 6 heteroatoms. The second kappa shape index (κ2) is 6.88. The van der Waals surface area contributed by atoms with Crippen molar-refractivity contribution >= 4 is 17.5 Å². The lowest BCUT2D eigenvalue weighted by atomic mass is 10.2. The molecule has 2 rings (SSSR count). The fourth-order valence-electron chi connectivity index (χ4n) is 2.16. The molecule has 1 aliphatic heterocycles. The van der Waals surface area contributed by atoms with Crippen molar-refractivity contribution in [1.82, 2.24) is 10.3 Å². The molecule has 1 saturated heterocycles. The summed E-state index contributed by atoms with van der Waals surface area (Å²) < 4.78 is 0. The first-order valence-electron chi connectivity index (χ1n) is 6.96. The third-order valence-electron chi connectivity index (χ3n) is 3.34. The van der Waals surface area contributed by atoms with E-state index in [0.717, 1.165) is 25.9 Å². The molecule has 1 aliphatic rings.